The monoisotopic (exact) mass is 289 g/mol. The number of rotatable bonds is 5. The van der Waals surface area contributed by atoms with Gasteiger partial charge in [0.05, 0.1) is 6.42 Å². The van der Waals surface area contributed by atoms with E-state index in [1.54, 1.807) is 41.5 Å². The maximum absolute atomic E-state index is 11.7. The standard InChI is InChI=1S/C14H27NO5/c1-13(2,3)19-11(17)9-10(7-8-16)15-12(18)20-14(4,5)6/h10,16H,7-9H2,1-6H3,(H,15,18)/t10-/m0/s1. The summed E-state index contributed by atoms with van der Waals surface area (Å²) in [5.74, 6) is -0.424. The van der Waals surface area contributed by atoms with Crippen molar-refractivity contribution in [3.8, 4) is 0 Å². The van der Waals surface area contributed by atoms with Gasteiger partial charge in [0.1, 0.15) is 11.2 Å². The Labute approximate surface area is 120 Å². The highest BCUT2D eigenvalue weighted by Crippen LogP contribution is 2.11. The van der Waals surface area contributed by atoms with Gasteiger partial charge in [-0.15, -0.1) is 0 Å². The van der Waals surface area contributed by atoms with Crippen molar-refractivity contribution < 1.29 is 24.2 Å². The van der Waals surface area contributed by atoms with Crippen LogP contribution in [0.4, 0.5) is 4.79 Å². The molecular weight excluding hydrogens is 262 g/mol. The zero-order chi connectivity index (χ0) is 16.0. The Kier molecular flexibility index (Phi) is 6.99. The Bertz CT molecular complexity index is 297. The molecule has 0 fully saturated rings. The summed E-state index contributed by atoms with van der Waals surface area (Å²) in [6, 6.07) is -0.510. The van der Waals surface area contributed by atoms with Crippen LogP contribution in [0.5, 0.6) is 0 Å². The van der Waals surface area contributed by atoms with E-state index in [-0.39, 0.29) is 19.4 Å². The summed E-state index contributed by atoms with van der Waals surface area (Å²) < 4.78 is 10.3. The average Bonchev–Trinajstić information content (AvgIpc) is 2.10. The summed E-state index contributed by atoms with van der Waals surface area (Å²) in [6.07, 6.45) is -0.352. The Balaban J connectivity index is 4.43. The Hall–Kier alpha value is -1.30. The lowest BCUT2D eigenvalue weighted by atomic mass is 10.1. The van der Waals surface area contributed by atoms with Gasteiger partial charge in [-0.3, -0.25) is 4.79 Å². The van der Waals surface area contributed by atoms with E-state index in [4.69, 9.17) is 14.6 Å². The third kappa shape index (κ3) is 10.6. The van der Waals surface area contributed by atoms with Gasteiger partial charge in [0.15, 0.2) is 0 Å². The SMILES string of the molecule is CC(C)(C)OC(=O)C[C@H](CCO)NC(=O)OC(C)(C)C. The van der Waals surface area contributed by atoms with Gasteiger partial charge in [-0.1, -0.05) is 0 Å². The molecule has 1 amide bonds. The Morgan fingerprint density at radius 3 is 1.95 bits per heavy atom. The van der Waals surface area contributed by atoms with Gasteiger partial charge in [-0.25, -0.2) is 4.79 Å². The molecule has 118 valence electrons. The fourth-order valence-corrected chi connectivity index (χ4v) is 1.44. The molecule has 20 heavy (non-hydrogen) atoms. The summed E-state index contributed by atoms with van der Waals surface area (Å²) in [6.45, 7) is 10.4. The molecule has 0 aromatic carbocycles. The molecule has 0 bridgehead atoms. The number of hydrogen-bond acceptors (Lipinski definition) is 5. The molecule has 0 spiro atoms. The molecule has 2 N–H and O–H groups in total. The zero-order valence-corrected chi connectivity index (χ0v) is 13.3. The van der Waals surface area contributed by atoms with E-state index in [1.165, 1.54) is 0 Å². The quantitative estimate of drug-likeness (QED) is 0.756. The van der Waals surface area contributed by atoms with Crippen LogP contribution < -0.4 is 5.32 Å². The minimum Gasteiger partial charge on any atom is -0.460 e. The van der Waals surface area contributed by atoms with Crippen LogP contribution in [0.25, 0.3) is 0 Å². The fraction of sp³-hybridized carbons (Fsp3) is 0.857. The first-order valence-corrected chi connectivity index (χ1v) is 6.75. The van der Waals surface area contributed by atoms with Crippen LogP contribution in [0, 0.1) is 0 Å². The van der Waals surface area contributed by atoms with E-state index in [0.29, 0.717) is 0 Å². The number of aliphatic hydroxyl groups excluding tert-OH is 1. The molecule has 1 atom stereocenters. The lowest BCUT2D eigenvalue weighted by Crippen LogP contribution is -2.41. The first-order chi connectivity index (χ1) is 8.93. The summed E-state index contributed by atoms with van der Waals surface area (Å²) in [5.41, 5.74) is -1.19. The summed E-state index contributed by atoms with van der Waals surface area (Å²) in [5, 5.41) is 11.6. The van der Waals surface area contributed by atoms with Crippen LogP contribution >= 0.6 is 0 Å². The molecule has 0 aromatic rings. The van der Waals surface area contributed by atoms with E-state index in [0.717, 1.165) is 0 Å². The highest BCUT2D eigenvalue weighted by Gasteiger charge is 2.23. The van der Waals surface area contributed by atoms with Crippen LogP contribution in [-0.2, 0) is 14.3 Å². The van der Waals surface area contributed by atoms with Crippen molar-refractivity contribution >= 4 is 12.1 Å². The van der Waals surface area contributed by atoms with Crippen LogP contribution in [0.2, 0.25) is 0 Å². The van der Waals surface area contributed by atoms with E-state index < -0.39 is 29.3 Å². The highest BCUT2D eigenvalue weighted by molar-refractivity contribution is 5.73. The predicted molar refractivity (Wildman–Crippen MR) is 75.3 cm³/mol. The summed E-state index contributed by atoms with van der Waals surface area (Å²) in [4.78, 5) is 23.4. The normalized spacial score (nSPS) is 13.6. The number of carbonyl (C=O) groups is 2. The second kappa shape index (κ2) is 7.47. The molecule has 0 heterocycles. The molecule has 0 saturated heterocycles. The molecule has 6 nitrogen and oxygen atoms in total. The van der Waals surface area contributed by atoms with Crippen molar-refractivity contribution in [2.24, 2.45) is 0 Å². The van der Waals surface area contributed by atoms with Gasteiger partial charge >= 0.3 is 12.1 Å². The highest BCUT2D eigenvalue weighted by atomic mass is 16.6. The van der Waals surface area contributed by atoms with Crippen molar-refractivity contribution in [1.82, 2.24) is 5.32 Å². The Morgan fingerprint density at radius 1 is 1.05 bits per heavy atom. The number of nitrogens with one attached hydrogen (secondary N) is 1. The minimum atomic E-state index is -0.612. The minimum absolute atomic E-state index is 0.00290. The van der Waals surface area contributed by atoms with Crippen molar-refractivity contribution in [2.45, 2.75) is 71.6 Å². The number of alkyl carbamates (subject to hydrolysis) is 1. The van der Waals surface area contributed by atoms with Crippen LogP contribution in [0.1, 0.15) is 54.4 Å². The predicted octanol–water partition coefficient (Wildman–Crippen LogP) is 1.99. The number of ether oxygens (including phenoxy) is 2. The summed E-state index contributed by atoms with van der Waals surface area (Å²) in [7, 11) is 0. The molecule has 0 radical (unpaired) electrons. The van der Waals surface area contributed by atoms with Gasteiger partial charge in [-0.2, -0.15) is 0 Å². The van der Waals surface area contributed by atoms with Crippen LogP contribution in [0.3, 0.4) is 0 Å². The fourth-order valence-electron chi connectivity index (χ4n) is 1.44. The van der Waals surface area contributed by atoms with Crippen molar-refractivity contribution in [2.75, 3.05) is 6.61 Å². The van der Waals surface area contributed by atoms with Gasteiger partial charge in [0.25, 0.3) is 0 Å². The maximum atomic E-state index is 11.7. The smallest absolute Gasteiger partial charge is 0.407 e. The van der Waals surface area contributed by atoms with E-state index in [2.05, 4.69) is 5.32 Å². The lowest BCUT2D eigenvalue weighted by Gasteiger charge is -2.24. The first kappa shape index (κ1) is 18.7. The first-order valence-electron chi connectivity index (χ1n) is 6.75. The van der Waals surface area contributed by atoms with Crippen LogP contribution in [-0.4, -0.2) is 41.0 Å². The summed E-state index contributed by atoms with van der Waals surface area (Å²) >= 11 is 0. The Morgan fingerprint density at radius 2 is 1.55 bits per heavy atom. The number of hydrogen-bond donors (Lipinski definition) is 2. The number of esters is 1. The molecule has 0 aliphatic heterocycles. The second-order valence-corrected chi connectivity index (χ2v) is 6.65. The third-order valence-corrected chi connectivity index (χ3v) is 2.03. The third-order valence-electron chi connectivity index (χ3n) is 2.03. The van der Waals surface area contributed by atoms with Gasteiger partial charge < -0.3 is 19.9 Å². The second-order valence-electron chi connectivity index (χ2n) is 6.65. The molecular formula is C14H27NO5. The number of aliphatic hydroxyl groups is 1. The maximum Gasteiger partial charge on any atom is 0.407 e. The van der Waals surface area contributed by atoms with Gasteiger partial charge in [0.2, 0.25) is 0 Å². The largest absolute Gasteiger partial charge is 0.460 e. The van der Waals surface area contributed by atoms with Crippen molar-refractivity contribution in [3.05, 3.63) is 0 Å². The van der Waals surface area contributed by atoms with Crippen molar-refractivity contribution in [1.29, 1.82) is 0 Å². The number of amides is 1. The lowest BCUT2D eigenvalue weighted by molar-refractivity contribution is -0.155. The molecule has 0 aliphatic rings. The molecule has 0 saturated carbocycles. The molecule has 6 heteroatoms. The van der Waals surface area contributed by atoms with E-state index in [1.807, 2.05) is 0 Å². The van der Waals surface area contributed by atoms with Crippen LogP contribution in [0.15, 0.2) is 0 Å². The molecule has 0 aliphatic carbocycles. The number of carbonyl (C=O) groups excluding carboxylic acids is 2. The van der Waals surface area contributed by atoms with E-state index in [9.17, 15) is 9.59 Å². The average molecular weight is 289 g/mol. The molecule has 0 aromatic heterocycles. The topological polar surface area (TPSA) is 84.9 Å². The molecule has 0 unspecified atom stereocenters. The zero-order valence-electron chi connectivity index (χ0n) is 13.3. The van der Waals surface area contributed by atoms with Crippen molar-refractivity contribution in [3.63, 3.8) is 0 Å². The molecule has 0 rings (SSSR count). The van der Waals surface area contributed by atoms with Gasteiger partial charge in [-0.05, 0) is 48.0 Å². The van der Waals surface area contributed by atoms with E-state index >= 15 is 0 Å². The van der Waals surface area contributed by atoms with Gasteiger partial charge in [0, 0.05) is 12.6 Å².